The molecule has 1 heterocycles. The molecular weight excluding hydrogens is 393 g/mol. The predicted molar refractivity (Wildman–Crippen MR) is 100.0 cm³/mol. The topological polar surface area (TPSA) is 89.2 Å². The molecule has 1 fully saturated rings. The van der Waals surface area contributed by atoms with E-state index in [1.807, 2.05) is 18.7 Å². The molecule has 0 spiro atoms. The van der Waals surface area contributed by atoms with Gasteiger partial charge in [0.2, 0.25) is 5.95 Å². The van der Waals surface area contributed by atoms with Crippen molar-refractivity contribution in [2.24, 2.45) is 0 Å². The van der Waals surface area contributed by atoms with Crippen LogP contribution in [-0.2, 0) is 9.84 Å². The number of nitrogen functional groups attached to an aromatic ring is 1. The van der Waals surface area contributed by atoms with Crippen molar-refractivity contribution >= 4 is 27.3 Å². The second-order valence-electron chi connectivity index (χ2n) is 7.03. The van der Waals surface area contributed by atoms with Crippen molar-refractivity contribution in [3.63, 3.8) is 0 Å². The van der Waals surface area contributed by atoms with Gasteiger partial charge in [-0.3, -0.25) is 0 Å². The highest BCUT2D eigenvalue weighted by Gasteiger charge is 2.47. The van der Waals surface area contributed by atoms with Gasteiger partial charge in [-0.15, -0.1) is 0 Å². The number of aromatic nitrogens is 2. The molecule has 28 heavy (non-hydrogen) atoms. The molecule has 6 nitrogen and oxygen atoms in total. The molecule has 1 aliphatic carbocycles. The van der Waals surface area contributed by atoms with Crippen LogP contribution in [0, 0.1) is 0 Å². The highest BCUT2D eigenvalue weighted by molar-refractivity contribution is 7.92. The number of hydrogen-bond donors (Lipinski definition) is 1. The first kappa shape index (κ1) is 20.4. The van der Waals surface area contributed by atoms with E-state index in [0.29, 0.717) is 17.1 Å². The molecule has 1 aliphatic rings. The van der Waals surface area contributed by atoms with Gasteiger partial charge in [0.25, 0.3) is 9.84 Å². The second-order valence-corrected chi connectivity index (χ2v) is 8.98. The van der Waals surface area contributed by atoms with E-state index < -0.39 is 20.2 Å². The lowest BCUT2D eigenvalue weighted by molar-refractivity contribution is -0.0436. The van der Waals surface area contributed by atoms with E-state index in [2.05, 4.69) is 9.97 Å². The van der Waals surface area contributed by atoms with E-state index >= 15 is 0 Å². The largest absolute Gasteiger partial charge is 0.501 e. The lowest BCUT2D eigenvalue weighted by atomic mass is 9.79. The van der Waals surface area contributed by atoms with Gasteiger partial charge in [0, 0.05) is 17.9 Å². The Labute approximate surface area is 161 Å². The summed E-state index contributed by atoms with van der Waals surface area (Å²) in [5, 5.41) is 0. The maximum Gasteiger partial charge on any atom is 0.501 e. The minimum Gasteiger partial charge on any atom is -0.368 e. The molecule has 2 aromatic rings. The van der Waals surface area contributed by atoms with E-state index in [1.165, 1.54) is 12.3 Å². The number of rotatable bonds is 5. The summed E-state index contributed by atoms with van der Waals surface area (Å²) in [7, 11) is -5.41. The van der Waals surface area contributed by atoms with Gasteiger partial charge in [-0.1, -0.05) is 6.42 Å². The van der Waals surface area contributed by atoms with Gasteiger partial charge in [-0.25, -0.2) is 13.4 Å². The quantitative estimate of drug-likeness (QED) is 0.790. The van der Waals surface area contributed by atoms with Gasteiger partial charge < -0.3 is 10.6 Å². The number of benzene rings is 1. The minimum atomic E-state index is -5.41. The van der Waals surface area contributed by atoms with Gasteiger partial charge in [0.05, 0.1) is 4.90 Å². The average Bonchev–Trinajstić information content (AvgIpc) is 2.53. The molecule has 1 aromatic heterocycles. The molecular formula is C18H21F3N4O2S. The summed E-state index contributed by atoms with van der Waals surface area (Å²) < 4.78 is 62.8. The zero-order chi connectivity index (χ0) is 20.7. The van der Waals surface area contributed by atoms with Gasteiger partial charge in [0.1, 0.15) is 5.82 Å². The van der Waals surface area contributed by atoms with E-state index in [0.717, 1.165) is 31.4 Å². The summed E-state index contributed by atoms with van der Waals surface area (Å²) in [6.07, 6.45) is 4.03. The normalized spacial score (nSPS) is 15.5. The van der Waals surface area contributed by atoms with Crippen molar-refractivity contribution in [3.05, 3.63) is 36.0 Å². The maximum absolute atomic E-state index is 13.0. The molecule has 152 valence electrons. The second kappa shape index (κ2) is 7.23. The smallest absolute Gasteiger partial charge is 0.368 e. The SMILES string of the molecule is CC(C)N(c1ccnc(N)n1)c1ccc(S(=O)(=O)C(F)(F)F)cc1C1CCC1. The third-order valence-electron chi connectivity index (χ3n) is 4.84. The molecule has 10 heteroatoms. The van der Waals surface area contributed by atoms with Crippen LogP contribution in [0.2, 0.25) is 0 Å². The number of halogens is 3. The lowest BCUT2D eigenvalue weighted by Crippen LogP contribution is -2.29. The van der Waals surface area contributed by atoms with Crippen molar-refractivity contribution in [3.8, 4) is 0 Å². The van der Waals surface area contributed by atoms with E-state index in [9.17, 15) is 21.6 Å². The minimum absolute atomic E-state index is 0.00109. The van der Waals surface area contributed by atoms with Crippen LogP contribution in [0.15, 0.2) is 35.4 Å². The van der Waals surface area contributed by atoms with Crippen molar-refractivity contribution in [1.82, 2.24) is 9.97 Å². The van der Waals surface area contributed by atoms with Crippen LogP contribution in [0.1, 0.15) is 44.6 Å². The molecule has 1 saturated carbocycles. The first-order valence-corrected chi connectivity index (χ1v) is 10.3. The summed E-state index contributed by atoms with van der Waals surface area (Å²) in [4.78, 5) is 9.18. The molecule has 2 N–H and O–H groups in total. The zero-order valence-electron chi connectivity index (χ0n) is 15.4. The molecule has 0 radical (unpaired) electrons. The van der Waals surface area contributed by atoms with Crippen molar-refractivity contribution in [2.45, 2.75) is 55.5 Å². The Bertz CT molecular complexity index is 973. The van der Waals surface area contributed by atoms with Crippen LogP contribution in [0.25, 0.3) is 0 Å². The van der Waals surface area contributed by atoms with E-state index in [1.54, 1.807) is 6.07 Å². The van der Waals surface area contributed by atoms with Crippen LogP contribution < -0.4 is 10.6 Å². The van der Waals surface area contributed by atoms with Crippen LogP contribution in [0.5, 0.6) is 0 Å². The Kier molecular flexibility index (Phi) is 5.26. The Morgan fingerprint density at radius 1 is 1.21 bits per heavy atom. The van der Waals surface area contributed by atoms with Crippen molar-refractivity contribution in [2.75, 3.05) is 10.6 Å². The fourth-order valence-electron chi connectivity index (χ4n) is 3.26. The predicted octanol–water partition coefficient (Wildman–Crippen LogP) is 4.17. The summed E-state index contributed by atoms with van der Waals surface area (Å²) >= 11 is 0. The Morgan fingerprint density at radius 3 is 2.39 bits per heavy atom. The zero-order valence-corrected chi connectivity index (χ0v) is 16.3. The molecule has 0 aliphatic heterocycles. The molecule has 3 rings (SSSR count). The van der Waals surface area contributed by atoms with Crippen LogP contribution >= 0.6 is 0 Å². The number of anilines is 3. The molecule has 0 atom stereocenters. The van der Waals surface area contributed by atoms with Crippen molar-refractivity contribution < 1.29 is 21.6 Å². The first-order valence-electron chi connectivity index (χ1n) is 8.85. The van der Waals surface area contributed by atoms with Gasteiger partial charge in [-0.2, -0.15) is 18.2 Å². The Hall–Kier alpha value is -2.36. The molecule has 0 saturated heterocycles. The van der Waals surface area contributed by atoms with Gasteiger partial charge in [-0.05, 0) is 62.4 Å². The fourth-order valence-corrected chi connectivity index (χ4v) is 4.06. The molecule has 0 bridgehead atoms. The van der Waals surface area contributed by atoms with E-state index in [-0.39, 0.29) is 17.9 Å². The van der Waals surface area contributed by atoms with Crippen LogP contribution in [0.4, 0.5) is 30.6 Å². The summed E-state index contributed by atoms with van der Waals surface area (Å²) in [6, 6.07) is 5.13. The maximum atomic E-state index is 13.0. The monoisotopic (exact) mass is 414 g/mol. The molecule has 0 amide bonds. The summed E-state index contributed by atoms with van der Waals surface area (Å²) in [6.45, 7) is 3.81. The fraction of sp³-hybridized carbons (Fsp3) is 0.444. The number of hydrogen-bond acceptors (Lipinski definition) is 6. The Balaban J connectivity index is 2.17. The Morgan fingerprint density at radius 2 is 1.89 bits per heavy atom. The molecule has 1 aromatic carbocycles. The van der Waals surface area contributed by atoms with Crippen LogP contribution in [-0.4, -0.2) is 29.9 Å². The number of nitrogens with two attached hydrogens (primary N) is 1. The summed E-state index contributed by atoms with van der Waals surface area (Å²) in [5.41, 5.74) is 1.54. The summed E-state index contributed by atoms with van der Waals surface area (Å²) in [5.74, 6) is 0.568. The van der Waals surface area contributed by atoms with Crippen LogP contribution in [0.3, 0.4) is 0 Å². The third kappa shape index (κ3) is 3.65. The number of nitrogens with zero attached hydrogens (tertiary/aromatic N) is 3. The first-order chi connectivity index (χ1) is 13.0. The van der Waals surface area contributed by atoms with E-state index in [4.69, 9.17) is 5.73 Å². The highest BCUT2D eigenvalue weighted by atomic mass is 32.2. The number of alkyl halides is 3. The standard InChI is InChI=1S/C18H21F3N4O2S/c1-11(2)25(16-8-9-23-17(22)24-16)15-7-6-13(28(26,27)18(19,20)21)10-14(15)12-4-3-5-12/h6-12H,3-5H2,1-2H3,(H2,22,23,24). The van der Waals surface area contributed by atoms with Gasteiger partial charge >= 0.3 is 5.51 Å². The lowest BCUT2D eigenvalue weighted by Gasteiger charge is -2.35. The molecule has 0 unspecified atom stereocenters. The highest BCUT2D eigenvalue weighted by Crippen LogP contribution is 2.44. The average molecular weight is 414 g/mol. The third-order valence-corrected chi connectivity index (χ3v) is 6.33. The van der Waals surface area contributed by atoms with Crippen molar-refractivity contribution in [1.29, 1.82) is 0 Å². The van der Waals surface area contributed by atoms with Gasteiger partial charge in [0.15, 0.2) is 0 Å². The number of sulfone groups is 1.